The molecule has 0 aliphatic rings. The molecular formula is C18H12F3N3O. The predicted molar refractivity (Wildman–Crippen MR) is 88.2 cm³/mol. The monoisotopic (exact) mass is 343 g/mol. The Morgan fingerprint density at radius 1 is 1.00 bits per heavy atom. The van der Waals surface area contributed by atoms with Crippen molar-refractivity contribution in [3.63, 3.8) is 0 Å². The van der Waals surface area contributed by atoms with E-state index in [1.165, 1.54) is 18.3 Å². The molecule has 126 valence electrons. The second kappa shape index (κ2) is 6.72. The first-order valence-corrected chi connectivity index (χ1v) is 7.30. The van der Waals surface area contributed by atoms with E-state index < -0.39 is 17.6 Å². The lowest BCUT2D eigenvalue weighted by atomic mass is 10.1. The first-order valence-electron chi connectivity index (χ1n) is 7.30. The van der Waals surface area contributed by atoms with E-state index in [4.69, 9.17) is 0 Å². The smallest absolute Gasteiger partial charge is 0.266 e. The number of hydrogen-bond acceptors (Lipinski definition) is 3. The fourth-order valence-corrected chi connectivity index (χ4v) is 2.17. The van der Waals surface area contributed by atoms with Gasteiger partial charge in [-0.25, -0.2) is 10.4 Å². The Labute approximate surface area is 141 Å². The molecule has 0 atom stereocenters. The second-order valence-electron chi connectivity index (χ2n) is 5.21. The van der Waals surface area contributed by atoms with Gasteiger partial charge in [0.1, 0.15) is 5.69 Å². The van der Waals surface area contributed by atoms with E-state index in [0.717, 1.165) is 17.5 Å². The first kappa shape index (κ1) is 16.6. The third-order valence-electron chi connectivity index (χ3n) is 3.45. The Morgan fingerprint density at radius 2 is 1.72 bits per heavy atom. The van der Waals surface area contributed by atoms with E-state index in [0.29, 0.717) is 11.1 Å². The number of benzene rings is 2. The summed E-state index contributed by atoms with van der Waals surface area (Å²) in [5, 5.41) is 4.65. The number of pyridine rings is 1. The van der Waals surface area contributed by atoms with Crippen LogP contribution in [0.15, 0.2) is 65.8 Å². The van der Waals surface area contributed by atoms with Gasteiger partial charge in [0.05, 0.1) is 17.3 Å². The predicted octanol–water partition coefficient (Wildman–Crippen LogP) is 4.02. The average Bonchev–Trinajstić information content (AvgIpc) is 2.61. The second-order valence-corrected chi connectivity index (χ2v) is 5.21. The molecule has 0 fully saturated rings. The van der Waals surface area contributed by atoms with Crippen LogP contribution in [0.4, 0.5) is 13.2 Å². The normalized spacial score (nSPS) is 11.8. The minimum absolute atomic E-state index is 0.197. The molecule has 3 rings (SSSR count). The van der Waals surface area contributed by atoms with E-state index >= 15 is 0 Å². The summed E-state index contributed by atoms with van der Waals surface area (Å²) < 4.78 is 37.4. The highest BCUT2D eigenvalue weighted by Gasteiger charge is 2.29. The van der Waals surface area contributed by atoms with Crippen LogP contribution in [0, 0.1) is 0 Å². The molecule has 4 nitrogen and oxygen atoms in total. The molecular weight excluding hydrogens is 331 g/mol. The highest BCUT2D eigenvalue weighted by molar-refractivity contribution is 5.95. The number of amides is 1. The summed E-state index contributed by atoms with van der Waals surface area (Å²) >= 11 is 0. The van der Waals surface area contributed by atoms with E-state index in [2.05, 4.69) is 15.5 Å². The molecule has 0 bridgehead atoms. The van der Waals surface area contributed by atoms with Crippen molar-refractivity contribution in [3.8, 4) is 0 Å². The van der Waals surface area contributed by atoms with Gasteiger partial charge in [0.15, 0.2) is 0 Å². The SMILES string of the molecule is O=C(NN=Cc1ccc(C(F)(F)F)cc1)c1ccc2ccccc2n1. The van der Waals surface area contributed by atoms with Crippen molar-refractivity contribution in [2.24, 2.45) is 5.10 Å². The zero-order valence-electron chi connectivity index (χ0n) is 12.8. The lowest BCUT2D eigenvalue weighted by molar-refractivity contribution is -0.137. The van der Waals surface area contributed by atoms with Gasteiger partial charge < -0.3 is 0 Å². The Morgan fingerprint density at radius 3 is 2.44 bits per heavy atom. The van der Waals surface area contributed by atoms with Crippen molar-refractivity contribution in [1.82, 2.24) is 10.4 Å². The molecule has 1 aromatic heterocycles. The standard InChI is InChI=1S/C18H12F3N3O/c19-18(20,21)14-8-5-12(6-9-14)11-22-24-17(25)16-10-7-13-3-1-2-4-15(13)23-16/h1-11H,(H,24,25). The van der Waals surface area contributed by atoms with Crippen molar-refractivity contribution in [3.05, 3.63) is 77.5 Å². The number of nitrogens with one attached hydrogen (secondary N) is 1. The molecule has 0 saturated heterocycles. The number of aromatic nitrogens is 1. The van der Waals surface area contributed by atoms with Gasteiger partial charge in [-0.3, -0.25) is 4.79 Å². The molecule has 0 saturated carbocycles. The molecule has 7 heteroatoms. The van der Waals surface area contributed by atoms with Crippen molar-refractivity contribution >= 4 is 23.0 Å². The van der Waals surface area contributed by atoms with Gasteiger partial charge in [-0.1, -0.05) is 36.4 Å². The molecule has 0 aliphatic carbocycles. The van der Waals surface area contributed by atoms with Crippen LogP contribution in [0.5, 0.6) is 0 Å². The lowest BCUT2D eigenvalue weighted by Crippen LogP contribution is -2.18. The highest BCUT2D eigenvalue weighted by Crippen LogP contribution is 2.28. The summed E-state index contributed by atoms with van der Waals surface area (Å²) in [5.74, 6) is -0.506. The number of nitrogens with zero attached hydrogens (tertiary/aromatic N) is 2. The molecule has 3 aromatic rings. The van der Waals surface area contributed by atoms with Crippen LogP contribution in [0.1, 0.15) is 21.6 Å². The quantitative estimate of drug-likeness (QED) is 0.577. The fraction of sp³-hybridized carbons (Fsp3) is 0.0556. The highest BCUT2D eigenvalue weighted by atomic mass is 19.4. The van der Waals surface area contributed by atoms with Gasteiger partial charge in [0.2, 0.25) is 0 Å². The van der Waals surface area contributed by atoms with E-state index in [1.807, 2.05) is 18.2 Å². The van der Waals surface area contributed by atoms with Gasteiger partial charge in [0, 0.05) is 5.39 Å². The Hall–Kier alpha value is -3.22. The number of para-hydroxylation sites is 1. The number of carbonyl (C=O) groups excluding carboxylic acids is 1. The van der Waals surface area contributed by atoms with Crippen LogP contribution in [0.2, 0.25) is 0 Å². The number of fused-ring (bicyclic) bond motifs is 1. The van der Waals surface area contributed by atoms with E-state index in [1.54, 1.807) is 18.2 Å². The molecule has 1 amide bonds. The molecule has 0 aliphatic heterocycles. The van der Waals surface area contributed by atoms with Crippen molar-refractivity contribution in [2.75, 3.05) is 0 Å². The zero-order valence-corrected chi connectivity index (χ0v) is 12.8. The summed E-state index contributed by atoms with van der Waals surface area (Å²) in [6.45, 7) is 0. The van der Waals surface area contributed by atoms with Crippen LogP contribution in [0.3, 0.4) is 0 Å². The third-order valence-corrected chi connectivity index (χ3v) is 3.45. The van der Waals surface area contributed by atoms with Crippen molar-refractivity contribution in [1.29, 1.82) is 0 Å². The number of carbonyl (C=O) groups is 1. The Kier molecular flexibility index (Phi) is 4.47. The summed E-state index contributed by atoms with van der Waals surface area (Å²) in [5.41, 5.74) is 2.87. The summed E-state index contributed by atoms with van der Waals surface area (Å²) in [7, 11) is 0. The fourth-order valence-electron chi connectivity index (χ4n) is 2.17. The van der Waals surface area contributed by atoms with Crippen LogP contribution in [-0.2, 0) is 6.18 Å². The number of rotatable bonds is 3. The maximum Gasteiger partial charge on any atom is 0.416 e. The summed E-state index contributed by atoms with van der Waals surface area (Å²) in [6, 6.07) is 15.2. The number of hydrogen-bond donors (Lipinski definition) is 1. The van der Waals surface area contributed by atoms with E-state index in [9.17, 15) is 18.0 Å². The number of hydrazone groups is 1. The maximum atomic E-state index is 12.5. The topological polar surface area (TPSA) is 54.4 Å². The number of halogens is 3. The Balaban J connectivity index is 1.67. The van der Waals surface area contributed by atoms with Gasteiger partial charge in [-0.2, -0.15) is 18.3 Å². The molecule has 0 radical (unpaired) electrons. The third kappa shape index (κ3) is 4.00. The molecule has 1 N–H and O–H groups in total. The Bertz CT molecular complexity index is 934. The van der Waals surface area contributed by atoms with Gasteiger partial charge in [0.25, 0.3) is 5.91 Å². The van der Waals surface area contributed by atoms with Gasteiger partial charge in [-0.05, 0) is 29.8 Å². The minimum Gasteiger partial charge on any atom is -0.266 e. The minimum atomic E-state index is -4.38. The largest absolute Gasteiger partial charge is 0.416 e. The van der Waals surface area contributed by atoms with Gasteiger partial charge >= 0.3 is 6.18 Å². The zero-order chi connectivity index (χ0) is 17.9. The number of alkyl halides is 3. The lowest BCUT2D eigenvalue weighted by Gasteiger charge is -2.05. The van der Waals surface area contributed by atoms with Crippen LogP contribution in [0.25, 0.3) is 10.9 Å². The molecule has 0 spiro atoms. The van der Waals surface area contributed by atoms with Crippen LogP contribution < -0.4 is 5.43 Å². The van der Waals surface area contributed by atoms with E-state index in [-0.39, 0.29) is 5.69 Å². The maximum absolute atomic E-state index is 12.5. The molecule has 2 aromatic carbocycles. The van der Waals surface area contributed by atoms with Gasteiger partial charge in [-0.15, -0.1) is 0 Å². The van der Waals surface area contributed by atoms with Crippen molar-refractivity contribution in [2.45, 2.75) is 6.18 Å². The van der Waals surface area contributed by atoms with Crippen LogP contribution >= 0.6 is 0 Å². The summed E-state index contributed by atoms with van der Waals surface area (Å²) in [6.07, 6.45) is -3.12. The molecule has 1 heterocycles. The molecule has 0 unspecified atom stereocenters. The molecule has 25 heavy (non-hydrogen) atoms. The summed E-state index contributed by atoms with van der Waals surface area (Å²) in [4.78, 5) is 16.3. The van der Waals surface area contributed by atoms with Crippen molar-refractivity contribution < 1.29 is 18.0 Å². The first-order chi connectivity index (χ1) is 11.9. The van der Waals surface area contributed by atoms with Crippen LogP contribution in [-0.4, -0.2) is 17.1 Å². The average molecular weight is 343 g/mol.